The summed E-state index contributed by atoms with van der Waals surface area (Å²) in [5.41, 5.74) is 0. The monoisotopic (exact) mass is 213 g/mol. The van der Waals surface area contributed by atoms with Gasteiger partial charge in [0.15, 0.2) is 0 Å². The molecule has 0 aliphatic carbocycles. The number of nitrogens with one attached hydrogen (secondary N) is 2. The summed E-state index contributed by atoms with van der Waals surface area (Å²) in [6.07, 6.45) is 3.72. The van der Waals surface area contributed by atoms with Crippen LogP contribution >= 0.6 is 0 Å². The van der Waals surface area contributed by atoms with Gasteiger partial charge in [0.05, 0.1) is 0 Å². The maximum Gasteiger partial charge on any atom is 0.317 e. The largest absolute Gasteiger partial charge is 0.336 e. The molecule has 0 aromatic carbocycles. The van der Waals surface area contributed by atoms with Crippen molar-refractivity contribution in [3.63, 3.8) is 0 Å². The minimum absolute atomic E-state index is 0.0253. The lowest BCUT2D eigenvalue weighted by molar-refractivity contribution is 0.197. The molecule has 1 saturated heterocycles. The lowest BCUT2D eigenvalue weighted by atomic mass is 10.0. The van der Waals surface area contributed by atoms with Crippen molar-refractivity contribution in [2.75, 3.05) is 20.1 Å². The summed E-state index contributed by atoms with van der Waals surface area (Å²) in [6, 6.07) is 0.707. The van der Waals surface area contributed by atoms with Crippen molar-refractivity contribution in [1.29, 1.82) is 0 Å². The molecule has 2 N–H and O–H groups in total. The molecule has 0 saturated carbocycles. The van der Waals surface area contributed by atoms with Crippen molar-refractivity contribution in [2.45, 2.75) is 45.2 Å². The molecule has 4 nitrogen and oxygen atoms in total. The van der Waals surface area contributed by atoms with E-state index in [0.29, 0.717) is 6.04 Å². The molecule has 1 aliphatic rings. The van der Waals surface area contributed by atoms with Crippen molar-refractivity contribution in [2.24, 2.45) is 0 Å². The van der Waals surface area contributed by atoms with Gasteiger partial charge in [-0.15, -0.1) is 0 Å². The third-order valence-electron chi connectivity index (χ3n) is 2.67. The Labute approximate surface area is 92.4 Å². The van der Waals surface area contributed by atoms with E-state index >= 15 is 0 Å². The van der Waals surface area contributed by atoms with E-state index < -0.39 is 0 Å². The number of piperidine rings is 1. The molecule has 1 aliphatic heterocycles. The van der Waals surface area contributed by atoms with Gasteiger partial charge in [-0.3, -0.25) is 0 Å². The zero-order chi connectivity index (χ0) is 11.3. The summed E-state index contributed by atoms with van der Waals surface area (Å²) >= 11 is 0. The third kappa shape index (κ3) is 4.51. The van der Waals surface area contributed by atoms with Gasteiger partial charge in [0.2, 0.25) is 0 Å². The van der Waals surface area contributed by atoms with E-state index in [0.717, 1.165) is 13.1 Å². The van der Waals surface area contributed by atoms with E-state index in [2.05, 4.69) is 10.6 Å². The molecule has 0 radical (unpaired) electrons. The summed E-state index contributed by atoms with van der Waals surface area (Å²) < 4.78 is 0. The second-order valence-electron chi connectivity index (χ2n) is 4.63. The average Bonchev–Trinajstić information content (AvgIpc) is 2.18. The molecular formula is C11H23N3O. The van der Waals surface area contributed by atoms with Crippen LogP contribution in [0.2, 0.25) is 0 Å². The number of nitrogens with zero attached hydrogens (tertiary/aromatic N) is 1. The van der Waals surface area contributed by atoms with Crippen LogP contribution in [0.4, 0.5) is 4.79 Å². The molecule has 1 atom stereocenters. The summed E-state index contributed by atoms with van der Waals surface area (Å²) in [5.74, 6) is 0. The molecule has 0 spiro atoms. The number of hydrogen-bond acceptors (Lipinski definition) is 2. The van der Waals surface area contributed by atoms with Crippen LogP contribution < -0.4 is 10.6 Å². The zero-order valence-electron chi connectivity index (χ0n) is 10.0. The van der Waals surface area contributed by atoms with E-state index in [1.54, 1.807) is 4.90 Å². The van der Waals surface area contributed by atoms with Gasteiger partial charge in [-0.05, 0) is 33.2 Å². The smallest absolute Gasteiger partial charge is 0.317 e. The predicted octanol–water partition coefficient (Wildman–Crippen LogP) is 1.18. The molecular weight excluding hydrogens is 190 g/mol. The Hall–Kier alpha value is -0.770. The number of likely N-dealkylation sites (N-methyl/N-ethyl adjacent to an activating group) is 1. The number of hydrogen-bond donors (Lipinski definition) is 2. The third-order valence-corrected chi connectivity index (χ3v) is 2.67. The molecule has 0 bridgehead atoms. The number of carbonyl (C=O) groups is 1. The molecule has 2 amide bonds. The molecule has 1 fully saturated rings. The minimum Gasteiger partial charge on any atom is -0.336 e. The van der Waals surface area contributed by atoms with Crippen molar-refractivity contribution < 1.29 is 4.79 Å². The van der Waals surface area contributed by atoms with Gasteiger partial charge in [-0.25, -0.2) is 4.79 Å². The van der Waals surface area contributed by atoms with E-state index in [-0.39, 0.29) is 12.1 Å². The highest BCUT2D eigenvalue weighted by atomic mass is 16.2. The van der Waals surface area contributed by atoms with E-state index in [1.807, 2.05) is 20.9 Å². The van der Waals surface area contributed by atoms with Crippen molar-refractivity contribution >= 4 is 6.03 Å². The molecule has 1 unspecified atom stereocenters. The van der Waals surface area contributed by atoms with Gasteiger partial charge in [0.25, 0.3) is 0 Å². The fourth-order valence-corrected chi connectivity index (χ4v) is 1.85. The Morgan fingerprint density at radius 2 is 2.27 bits per heavy atom. The zero-order valence-corrected chi connectivity index (χ0v) is 10.0. The highest BCUT2D eigenvalue weighted by Gasteiger charge is 2.17. The van der Waals surface area contributed by atoms with Gasteiger partial charge in [0, 0.05) is 25.7 Å². The number of amides is 2. The van der Waals surface area contributed by atoms with Crippen LogP contribution in [0.25, 0.3) is 0 Å². The van der Waals surface area contributed by atoms with Crippen LogP contribution in [0.3, 0.4) is 0 Å². The molecule has 0 aromatic heterocycles. The first-order valence-corrected chi connectivity index (χ1v) is 5.84. The number of carbonyl (C=O) groups excluding carboxylic acids is 1. The van der Waals surface area contributed by atoms with E-state index in [4.69, 9.17) is 0 Å². The lowest BCUT2D eigenvalue weighted by Gasteiger charge is -2.28. The normalized spacial score (nSPS) is 21.5. The van der Waals surface area contributed by atoms with Crippen LogP contribution in [0, 0.1) is 0 Å². The summed E-state index contributed by atoms with van der Waals surface area (Å²) in [4.78, 5) is 13.4. The first-order chi connectivity index (χ1) is 7.09. The number of rotatable bonds is 3. The summed E-state index contributed by atoms with van der Waals surface area (Å²) in [6.45, 7) is 5.85. The second kappa shape index (κ2) is 5.95. The van der Waals surface area contributed by atoms with Crippen LogP contribution in [0.1, 0.15) is 33.1 Å². The van der Waals surface area contributed by atoms with E-state index in [1.165, 1.54) is 19.3 Å². The Balaban J connectivity index is 2.26. The van der Waals surface area contributed by atoms with Crippen LogP contribution in [0.15, 0.2) is 0 Å². The van der Waals surface area contributed by atoms with Crippen LogP contribution in [-0.4, -0.2) is 43.2 Å². The van der Waals surface area contributed by atoms with Crippen LogP contribution in [-0.2, 0) is 0 Å². The minimum atomic E-state index is 0.0253. The van der Waals surface area contributed by atoms with Gasteiger partial charge >= 0.3 is 6.03 Å². The van der Waals surface area contributed by atoms with Crippen molar-refractivity contribution in [1.82, 2.24) is 15.5 Å². The second-order valence-corrected chi connectivity index (χ2v) is 4.63. The maximum absolute atomic E-state index is 11.6. The lowest BCUT2D eigenvalue weighted by Crippen LogP contribution is -2.48. The first kappa shape index (κ1) is 12.3. The van der Waals surface area contributed by atoms with Crippen molar-refractivity contribution in [3.8, 4) is 0 Å². The summed E-state index contributed by atoms with van der Waals surface area (Å²) in [7, 11) is 1.86. The molecule has 1 heterocycles. The molecule has 0 aromatic rings. The van der Waals surface area contributed by atoms with Gasteiger partial charge in [-0.2, -0.15) is 0 Å². The molecule has 88 valence electrons. The van der Waals surface area contributed by atoms with Gasteiger partial charge in [-0.1, -0.05) is 6.42 Å². The van der Waals surface area contributed by atoms with E-state index in [9.17, 15) is 4.79 Å². The Morgan fingerprint density at radius 1 is 1.53 bits per heavy atom. The standard InChI is InChI=1S/C11H23N3O/c1-9(2)13-11(15)14(3)8-10-6-4-5-7-12-10/h9-10,12H,4-8H2,1-3H3,(H,13,15). The highest BCUT2D eigenvalue weighted by Crippen LogP contribution is 2.07. The average molecular weight is 213 g/mol. The maximum atomic E-state index is 11.6. The molecule has 1 rings (SSSR count). The predicted molar refractivity (Wildman–Crippen MR) is 61.9 cm³/mol. The Morgan fingerprint density at radius 3 is 2.80 bits per heavy atom. The quantitative estimate of drug-likeness (QED) is 0.739. The fraction of sp³-hybridized carbons (Fsp3) is 0.909. The Kier molecular flexibility index (Phi) is 4.88. The van der Waals surface area contributed by atoms with Crippen LogP contribution in [0.5, 0.6) is 0 Å². The van der Waals surface area contributed by atoms with Crippen molar-refractivity contribution in [3.05, 3.63) is 0 Å². The fourth-order valence-electron chi connectivity index (χ4n) is 1.85. The molecule has 4 heteroatoms. The number of urea groups is 1. The van der Waals surface area contributed by atoms with Gasteiger partial charge < -0.3 is 15.5 Å². The molecule has 15 heavy (non-hydrogen) atoms. The topological polar surface area (TPSA) is 44.4 Å². The summed E-state index contributed by atoms with van der Waals surface area (Å²) in [5, 5.41) is 6.33. The van der Waals surface area contributed by atoms with Gasteiger partial charge in [0.1, 0.15) is 0 Å². The first-order valence-electron chi connectivity index (χ1n) is 5.84. The Bertz CT molecular complexity index is 200. The SMILES string of the molecule is CC(C)NC(=O)N(C)CC1CCCCN1. The highest BCUT2D eigenvalue weighted by molar-refractivity contribution is 5.74.